The van der Waals surface area contributed by atoms with E-state index in [9.17, 15) is 0 Å². The molecular formula is C21H27ClN4. The Labute approximate surface area is 161 Å². The zero-order valence-electron chi connectivity index (χ0n) is 15.7. The van der Waals surface area contributed by atoms with Crippen molar-refractivity contribution in [3.63, 3.8) is 0 Å². The van der Waals surface area contributed by atoms with Crippen molar-refractivity contribution in [1.82, 2.24) is 14.9 Å². The molecule has 4 nitrogen and oxygen atoms in total. The van der Waals surface area contributed by atoms with E-state index < -0.39 is 0 Å². The van der Waals surface area contributed by atoms with E-state index in [-0.39, 0.29) is 0 Å². The molecule has 0 aliphatic carbocycles. The predicted molar refractivity (Wildman–Crippen MR) is 107 cm³/mol. The Morgan fingerprint density at radius 1 is 1.12 bits per heavy atom. The number of halogens is 1. The van der Waals surface area contributed by atoms with Crippen molar-refractivity contribution in [2.75, 3.05) is 24.5 Å². The lowest BCUT2D eigenvalue weighted by atomic mass is 9.84. The maximum atomic E-state index is 6.28. The lowest BCUT2D eigenvalue weighted by Crippen LogP contribution is -2.42. The first-order valence-corrected chi connectivity index (χ1v) is 9.94. The molecule has 2 aromatic rings. The maximum absolute atomic E-state index is 6.28. The van der Waals surface area contributed by atoms with Gasteiger partial charge in [0.25, 0.3) is 0 Å². The average Bonchev–Trinajstić information content (AvgIpc) is 2.61. The van der Waals surface area contributed by atoms with Gasteiger partial charge in [0, 0.05) is 44.7 Å². The van der Waals surface area contributed by atoms with E-state index in [0.717, 1.165) is 50.7 Å². The standard InChI is InChI=1S/C21H27ClN4/c1-21(2)10-6-11-26(15-21)19-17-14-25(13-16-7-4-3-5-8-16)12-9-18(17)23-20(22)24-19/h3-5,7-8H,6,9-15H2,1-2H3. The summed E-state index contributed by atoms with van der Waals surface area (Å²) in [6.45, 7) is 9.65. The second-order valence-electron chi connectivity index (χ2n) is 8.38. The monoisotopic (exact) mass is 370 g/mol. The molecule has 0 spiro atoms. The summed E-state index contributed by atoms with van der Waals surface area (Å²) >= 11 is 6.28. The van der Waals surface area contributed by atoms with E-state index in [4.69, 9.17) is 11.6 Å². The molecule has 0 atom stereocenters. The van der Waals surface area contributed by atoms with Gasteiger partial charge in [0.15, 0.2) is 0 Å². The molecule has 26 heavy (non-hydrogen) atoms. The van der Waals surface area contributed by atoms with Crippen molar-refractivity contribution < 1.29 is 0 Å². The van der Waals surface area contributed by atoms with Gasteiger partial charge < -0.3 is 4.90 Å². The number of hydrogen-bond donors (Lipinski definition) is 0. The van der Waals surface area contributed by atoms with Crippen LogP contribution in [0.5, 0.6) is 0 Å². The summed E-state index contributed by atoms with van der Waals surface area (Å²) in [5, 5.41) is 0.388. The first kappa shape index (κ1) is 17.7. The highest BCUT2D eigenvalue weighted by Gasteiger charge is 2.31. The van der Waals surface area contributed by atoms with Gasteiger partial charge in [-0.2, -0.15) is 0 Å². The number of rotatable bonds is 3. The molecule has 0 N–H and O–H groups in total. The van der Waals surface area contributed by atoms with Gasteiger partial charge in [0.05, 0.1) is 5.69 Å². The van der Waals surface area contributed by atoms with Crippen LogP contribution >= 0.6 is 11.6 Å². The molecule has 138 valence electrons. The summed E-state index contributed by atoms with van der Waals surface area (Å²) in [6.07, 6.45) is 3.41. The smallest absolute Gasteiger partial charge is 0.224 e. The van der Waals surface area contributed by atoms with E-state index in [1.54, 1.807) is 0 Å². The molecular weight excluding hydrogens is 344 g/mol. The van der Waals surface area contributed by atoms with Crippen LogP contribution in [0, 0.1) is 5.41 Å². The van der Waals surface area contributed by atoms with Gasteiger partial charge in [-0.3, -0.25) is 4.90 Å². The number of benzene rings is 1. The molecule has 0 unspecified atom stereocenters. The van der Waals surface area contributed by atoms with Gasteiger partial charge in [-0.1, -0.05) is 44.2 Å². The fourth-order valence-corrected chi connectivity index (χ4v) is 4.45. The minimum Gasteiger partial charge on any atom is -0.356 e. The first-order valence-electron chi connectivity index (χ1n) is 9.57. The molecule has 1 saturated heterocycles. The molecule has 0 saturated carbocycles. The normalized spacial score (nSPS) is 20.0. The summed E-state index contributed by atoms with van der Waals surface area (Å²) in [7, 11) is 0. The van der Waals surface area contributed by atoms with Crippen molar-refractivity contribution in [1.29, 1.82) is 0 Å². The Bertz CT molecular complexity index is 775. The van der Waals surface area contributed by atoms with Gasteiger partial charge in [-0.15, -0.1) is 0 Å². The van der Waals surface area contributed by atoms with Crippen LogP contribution in [-0.4, -0.2) is 34.5 Å². The second-order valence-corrected chi connectivity index (χ2v) is 8.72. The van der Waals surface area contributed by atoms with Crippen LogP contribution in [0.4, 0.5) is 5.82 Å². The number of fused-ring (bicyclic) bond motifs is 1. The van der Waals surface area contributed by atoms with Crippen LogP contribution in [0.2, 0.25) is 5.28 Å². The number of piperidine rings is 1. The van der Waals surface area contributed by atoms with E-state index in [0.29, 0.717) is 10.7 Å². The van der Waals surface area contributed by atoms with Crippen LogP contribution in [0.15, 0.2) is 30.3 Å². The molecule has 1 fully saturated rings. The highest BCUT2D eigenvalue weighted by atomic mass is 35.5. The van der Waals surface area contributed by atoms with Gasteiger partial charge in [-0.25, -0.2) is 9.97 Å². The molecule has 4 rings (SSSR count). The minimum atomic E-state index is 0.320. The molecule has 1 aromatic carbocycles. The van der Waals surface area contributed by atoms with Gasteiger partial charge in [-0.05, 0) is 35.4 Å². The fraction of sp³-hybridized carbons (Fsp3) is 0.524. The van der Waals surface area contributed by atoms with Gasteiger partial charge in [0.1, 0.15) is 5.82 Å². The number of aromatic nitrogens is 2. The zero-order valence-corrected chi connectivity index (χ0v) is 16.5. The summed E-state index contributed by atoms with van der Waals surface area (Å²) in [6, 6.07) is 10.7. The third kappa shape index (κ3) is 3.86. The van der Waals surface area contributed by atoms with Crippen LogP contribution in [0.25, 0.3) is 0 Å². The van der Waals surface area contributed by atoms with Gasteiger partial charge >= 0.3 is 0 Å². The van der Waals surface area contributed by atoms with Crippen LogP contribution < -0.4 is 4.90 Å². The van der Waals surface area contributed by atoms with E-state index in [2.05, 4.69) is 63.9 Å². The average molecular weight is 371 g/mol. The van der Waals surface area contributed by atoms with Crippen molar-refractivity contribution in [3.05, 3.63) is 52.4 Å². The van der Waals surface area contributed by atoms with Crippen LogP contribution in [0.1, 0.15) is 43.5 Å². The summed E-state index contributed by atoms with van der Waals surface area (Å²) in [5.74, 6) is 1.06. The fourth-order valence-electron chi connectivity index (χ4n) is 4.27. The quantitative estimate of drug-likeness (QED) is 0.753. The lowest BCUT2D eigenvalue weighted by molar-refractivity contribution is 0.241. The highest BCUT2D eigenvalue weighted by molar-refractivity contribution is 6.28. The third-order valence-electron chi connectivity index (χ3n) is 5.54. The summed E-state index contributed by atoms with van der Waals surface area (Å²) in [5.41, 5.74) is 4.08. The molecule has 0 amide bonds. The van der Waals surface area contributed by atoms with Crippen molar-refractivity contribution >= 4 is 17.4 Å². The lowest BCUT2D eigenvalue weighted by Gasteiger charge is -2.40. The Hall–Kier alpha value is -1.65. The SMILES string of the molecule is CC1(C)CCCN(c2nc(Cl)nc3c2CN(Cc2ccccc2)CC3)C1. The maximum Gasteiger partial charge on any atom is 0.224 e. The molecule has 2 aliphatic heterocycles. The molecule has 3 heterocycles. The first-order chi connectivity index (χ1) is 12.5. The molecule has 0 radical (unpaired) electrons. The van der Waals surface area contributed by atoms with Crippen molar-refractivity contribution in [2.24, 2.45) is 5.41 Å². The second kappa shape index (κ2) is 7.16. The molecule has 5 heteroatoms. The number of hydrogen-bond acceptors (Lipinski definition) is 4. The number of nitrogens with zero attached hydrogens (tertiary/aromatic N) is 4. The highest BCUT2D eigenvalue weighted by Crippen LogP contribution is 2.35. The largest absolute Gasteiger partial charge is 0.356 e. The Morgan fingerprint density at radius 2 is 1.92 bits per heavy atom. The van der Waals surface area contributed by atoms with E-state index in [1.165, 1.54) is 24.0 Å². The Morgan fingerprint density at radius 3 is 2.69 bits per heavy atom. The van der Waals surface area contributed by atoms with E-state index >= 15 is 0 Å². The molecule has 2 aliphatic rings. The van der Waals surface area contributed by atoms with Crippen molar-refractivity contribution in [2.45, 2.75) is 46.2 Å². The minimum absolute atomic E-state index is 0.320. The zero-order chi connectivity index (χ0) is 18.1. The van der Waals surface area contributed by atoms with Crippen LogP contribution in [-0.2, 0) is 19.5 Å². The Balaban J connectivity index is 1.60. The van der Waals surface area contributed by atoms with E-state index in [1.807, 2.05) is 0 Å². The molecule has 1 aromatic heterocycles. The molecule has 0 bridgehead atoms. The predicted octanol–water partition coefficient (Wildman–Crippen LogP) is 4.31. The third-order valence-corrected chi connectivity index (χ3v) is 5.71. The van der Waals surface area contributed by atoms with Gasteiger partial charge in [0.2, 0.25) is 5.28 Å². The van der Waals surface area contributed by atoms with Crippen LogP contribution in [0.3, 0.4) is 0 Å². The summed E-state index contributed by atoms with van der Waals surface area (Å²) in [4.78, 5) is 14.1. The summed E-state index contributed by atoms with van der Waals surface area (Å²) < 4.78 is 0. The Kier molecular flexibility index (Phi) is 4.89. The van der Waals surface area contributed by atoms with Crippen molar-refractivity contribution in [3.8, 4) is 0 Å². The number of anilines is 1. The topological polar surface area (TPSA) is 32.3 Å².